The predicted molar refractivity (Wildman–Crippen MR) is 135 cm³/mol. The van der Waals surface area contributed by atoms with Crippen molar-refractivity contribution in [3.05, 3.63) is 78.5 Å². The third-order valence-electron chi connectivity index (χ3n) is 5.99. The second-order valence-electron chi connectivity index (χ2n) is 8.43. The van der Waals surface area contributed by atoms with Gasteiger partial charge < -0.3 is 20.6 Å². The van der Waals surface area contributed by atoms with E-state index in [2.05, 4.69) is 26.6 Å². The van der Waals surface area contributed by atoms with Crippen molar-refractivity contribution in [1.29, 1.82) is 5.26 Å². The molecule has 35 heavy (non-hydrogen) atoms. The summed E-state index contributed by atoms with van der Waals surface area (Å²) >= 11 is 0. The fourth-order valence-corrected chi connectivity index (χ4v) is 4.29. The van der Waals surface area contributed by atoms with E-state index in [1.54, 1.807) is 12.1 Å². The number of phenolic OH excluding ortho intramolecular Hbond substituents is 1. The van der Waals surface area contributed by atoms with Crippen LogP contribution in [0.4, 0.5) is 11.5 Å². The van der Waals surface area contributed by atoms with Crippen molar-refractivity contribution in [3.63, 3.8) is 0 Å². The maximum Gasteiger partial charge on any atom is 0.274 e. The minimum absolute atomic E-state index is 0.0276. The number of piperazine rings is 1. The van der Waals surface area contributed by atoms with E-state index >= 15 is 0 Å². The van der Waals surface area contributed by atoms with Crippen LogP contribution in [0.5, 0.6) is 5.75 Å². The second-order valence-corrected chi connectivity index (χ2v) is 8.43. The Hall–Kier alpha value is -4.48. The van der Waals surface area contributed by atoms with Crippen molar-refractivity contribution < 1.29 is 9.90 Å². The summed E-state index contributed by atoms with van der Waals surface area (Å²) in [7, 11) is 0. The van der Waals surface area contributed by atoms with E-state index in [4.69, 9.17) is 10.2 Å². The average Bonchev–Trinajstić information content (AvgIpc) is 2.89. The number of phenols is 1. The number of anilines is 2. The summed E-state index contributed by atoms with van der Waals surface area (Å²) in [5.41, 5.74) is 1.52. The molecule has 4 aromatic rings. The lowest BCUT2D eigenvalue weighted by atomic mass is 10.1. The predicted octanol–water partition coefficient (Wildman–Crippen LogP) is 3.95. The molecule has 0 aliphatic carbocycles. The number of benzene rings is 3. The highest BCUT2D eigenvalue weighted by Gasteiger charge is 2.23. The molecule has 2 heterocycles. The number of hydrogen-bond donors (Lipinski definition) is 3. The number of aromatic nitrogens is 2. The standard InChI is InChI=1S/C27H24N6O2/c28-11-10-20-17-33(13-12-29-20)25-16-24(30-26(32-25)18-6-2-1-3-7-18)27(35)31-23-15-21(34)14-19-8-4-5-9-22(19)23/h1-9,14-16,20,29,34H,10,12-13,17H2,(H,31,35)/t20-/m0/s1. The number of nitrogens with zero attached hydrogens (tertiary/aromatic N) is 4. The van der Waals surface area contributed by atoms with Gasteiger partial charge in [-0.25, -0.2) is 9.97 Å². The lowest BCUT2D eigenvalue weighted by Gasteiger charge is -2.33. The molecule has 1 amide bonds. The number of aromatic hydroxyl groups is 1. The Morgan fingerprint density at radius 2 is 1.91 bits per heavy atom. The fourth-order valence-electron chi connectivity index (χ4n) is 4.29. The third-order valence-corrected chi connectivity index (χ3v) is 5.99. The van der Waals surface area contributed by atoms with Crippen LogP contribution >= 0.6 is 0 Å². The van der Waals surface area contributed by atoms with Crippen molar-refractivity contribution >= 4 is 28.2 Å². The minimum Gasteiger partial charge on any atom is -0.508 e. The molecule has 1 atom stereocenters. The van der Waals surface area contributed by atoms with Gasteiger partial charge in [0.15, 0.2) is 5.82 Å². The van der Waals surface area contributed by atoms with Gasteiger partial charge in [0.25, 0.3) is 5.91 Å². The molecule has 174 valence electrons. The molecular formula is C27H24N6O2. The Labute approximate surface area is 202 Å². The smallest absolute Gasteiger partial charge is 0.274 e. The fraction of sp³-hybridized carbons (Fsp3) is 0.185. The molecule has 0 spiro atoms. The highest BCUT2D eigenvalue weighted by molar-refractivity contribution is 6.09. The molecular weight excluding hydrogens is 440 g/mol. The van der Waals surface area contributed by atoms with Crippen molar-refractivity contribution in [2.75, 3.05) is 29.9 Å². The van der Waals surface area contributed by atoms with E-state index in [-0.39, 0.29) is 17.5 Å². The molecule has 0 bridgehead atoms. The van der Waals surface area contributed by atoms with Gasteiger partial charge in [-0.1, -0.05) is 54.6 Å². The van der Waals surface area contributed by atoms with E-state index in [1.165, 1.54) is 6.07 Å². The van der Waals surface area contributed by atoms with Gasteiger partial charge >= 0.3 is 0 Å². The summed E-state index contributed by atoms with van der Waals surface area (Å²) in [6.45, 7) is 2.02. The molecule has 8 nitrogen and oxygen atoms in total. The highest BCUT2D eigenvalue weighted by atomic mass is 16.3. The molecule has 0 saturated carbocycles. The van der Waals surface area contributed by atoms with Crippen molar-refractivity contribution in [1.82, 2.24) is 15.3 Å². The van der Waals surface area contributed by atoms with Crippen LogP contribution in [0.1, 0.15) is 16.9 Å². The molecule has 1 aliphatic rings. The Bertz CT molecular complexity index is 1420. The molecule has 3 N–H and O–H groups in total. The van der Waals surface area contributed by atoms with Gasteiger partial charge in [0, 0.05) is 48.8 Å². The lowest BCUT2D eigenvalue weighted by molar-refractivity contribution is 0.102. The summed E-state index contributed by atoms with van der Waals surface area (Å²) in [5.74, 6) is 0.751. The molecule has 3 aromatic carbocycles. The first-order chi connectivity index (χ1) is 17.1. The third kappa shape index (κ3) is 4.90. The van der Waals surface area contributed by atoms with Gasteiger partial charge in [0.1, 0.15) is 17.3 Å². The second kappa shape index (κ2) is 9.79. The summed E-state index contributed by atoms with van der Waals surface area (Å²) in [6, 6.07) is 24.2. The van der Waals surface area contributed by atoms with Crippen LogP contribution in [-0.4, -0.2) is 46.7 Å². The van der Waals surface area contributed by atoms with Crippen LogP contribution in [-0.2, 0) is 0 Å². The van der Waals surface area contributed by atoms with E-state index in [0.717, 1.165) is 16.3 Å². The van der Waals surface area contributed by atoms with Crippen molar-refractivity contribution in [2.24, 2.45) is 0 Å². The maximum atomic E-state index is 13.4. The molecule has 1 aromatic heterocycles. The van der Waals surface area contributed by atoms with Gasteiger partial charge in [-0.05, 0) is 11.5 Å². The SMILES string of the molecule is N#CC[C@H]1CN(c2cc(C(=O)Nc3cc(O)cc4ccccc34)nc(-c3ccccc3)n2)CCN1. The molecule has 1 saturated heterocycles. The molecule has 0 radical (unpaired) electrons. The number of nitrogens with one attached hydrogen (secondary N) is 2. The normalized spacial score (nSPS) is 15.5. The number of amides is 1. The Morgan fingerprint density at radius 1 is 1.11 bits per heavy atom. The van der Waals surface area contributed by atoms with Gasteiger partial charge in [-0.3, -0.25) is 4.79 Å². The van der Waals surface area contributed by atoms with Crippen LogP contribution in [0.3, 0.4) is 0 Å². The summed E-state index contributed by atoms with van der Waals surface area (Å²) in [4.78, 5) is 24.8. The molecule has 8 heteroatoms. The van der Waals surface area contributed by atoms with Crippen LogP contribution in [0.25, 0.3) is 22.2 Å². The van der Waals surface area contributed by atoms with E-state index < -0.39 is 5.91 Å². The van der Waals surface area contributed by atoms with Gasteiger partial charge in [0.2, 0.25) is 0 Å². The number of fused-ring (bicyclic) bond motifs is 1. The lowest BCUT2D eigenvalue weighted by Crippen LogP contribution is -2.51. The van der Waals surface area contributed by atoms with E-state index in [1.807, 2.05) is 54.6 Å². The maximum absolute atomic E-state index is 13.4. The van der Waals surface area contributed by atoms with Crippen molar-refractivity contribution in [3.8, 4) is 23.2 Å². The van der Waals surface area contributed by atoms with E-state index in [9.17, 15) is 9.90 Å². The quantitative estimate of drug-likeness (QED) is 0.410. The Balaban J connectivity index is 1.52. The molecule has 1 aliphatic heterocycles. The minimum atomic E-state index is -0.398. The Kier molecular flexibility index (Phi) is 6.24. The first-order valence-corrected chi connectivity index (χ1v) is 11.4. The van der Waals surface area contributed by atoms with Gasteiger partial charge in [-0.15, -0.1) is 0 Å². The number of carbonyl (C=O) groups excluding carboxylic acids is 1. The number of carbonyl (C=O) groups is 1. The van der Waals surface area contributed by atoms with Gasteiger partial charge in [-0.2, -0.15) is 5.26 Å². The Morgan fingerprint density at radius 3 is 2.74 bits per heavy atom. The van der Waals surface area contributed by atoms with Crippen LogP contribution in [0, 0.1) is 11.3 Å². The zero-order chi connectivity index (χ0) is 24.2. The van der Waals surface area contributed by atoms with Crippen LogP contribution < -0.4 is 15.5 Å². The first kappa shape index (κ1) is 22.3. The van der Waals surface area contributed by atoms with Gasteiger partial charge in [0.05, 0.1) is 18.2 Å². The monoisotopic (exact) mass is 464 g/mol. The first-order valence-electron chi connectivity index (χ1n) is 11.4. The van der Waals surface area contributed by atoms with Crippen LogP contribution in [0.2, 0.25) is 0 Å². The topological polar surface area (TPSA) is 114 Å². The van der Waals surface area contributed by atoms with Crippen LogP contribution in [0.15, 0.2) is 72.8 Å². The largest absolute Gasteiger partial charge is 0.508 e. The zero-order valence-corrected chi connectivity index (χ0v) is 19.0. The average molecular weight is 465 g/mol. The zero-order valence-electron chi connectivity index (χ0n) is 19.0. The molecule has 1 fully saturated rings. The number of nitriles is 1. The van der Waals surface area contributed by atoms with Crippen molar-refractivity contribution in [2.45, 2.75) is 12.5 Å². The highest BCUT2D eigenvalue weighted by Crippen LogP contribution is 2.29. The summed E-state index contributed by atoms with van der Waals surface area (Å²) in [6.07, 6.45) is 0.394. The number of hydrogen-bond acceptors (Lipinski definition) is 7. The summed E-state index contributed by atoms with van der Waals surface area (Å²) in [5, 5.41) is 27.2. The molecule has 0 unspecified atom stereocenters. The van der Waals surface area contributed by atoms with E-state index in [0.29, 0.717) is 43.4 Å². The summed E-state index contributed by atoms with van der Waals surface area (Å²) < 4.78 is 0. The molecule has 5 rings (SSSR count). The number of rotatable bonds is 5.